The van der Waals surface area contributed by atoms with Crippen molar-refractivity contribution in [3.05, 3.63) is 52.8 Å². The molecule has 28 heavy (non-hydrogen) atoms. The van der Waals surface area contributed by atoms with E-state index in [0.717, 1.165) is 0 Å². The molecule has 148 valence electrons. The molecule has 10 heteroatoms. The summed E-state index contributed by atoms with van der Waals surface area (Å²) in [7, 11) is -3.75. The fraction of sp³-hybridized carbons (Fsp3) is 0.333. The predicted molar refractivity (Wildman–Crippen MR) is 102 cm³/mol. The molecule has 4 rings (SSSR count). The highest BCUT2D eigenvalue weighted by Gasteiger charge is 2.30. The molecule has 0 radical (unpaired) electrons. The Labute approximate surface area is 166 Å². The van der Waals surface area contributed by atoms with E-state index in [2.05, 4.69) is 14.9 Å². The number of benzene rings is 2. The molecule has 1 saturated heterocycles. The lowest BCUT2D eigenvalue weighted by molar-refractivity contribution is 0.274. The standard InChI is InChI=1S/C18H18ClFN4O3S/c19-14-4-1-5-15(20)13(14)12-23-8-3-9-24(11-10-23)28(25,26)17-7-2-6-16-18(17)22-27-21-16/h1-2,4-7H,3,8-12H2. The third kappa shape index (κ3) is 3.62. The molecule has 2 heterocycles. The SMILES string of the molecule is O=S(=O)(c1cccc2nonc12)N1CCCN(Cc2c(F)cccc2Cl)CC1. The second-order valence-electron chi connectivity index (χ2n) is 6.62. The van der Waals surface area contributed by atoms with Crippen LogP contribution in [-0.2, 0) is 16.6 Å². The van der Waals surface area contributed by atoms with Gasteiger partial charge in [-0.3, -0.25) is 4.90 Å². The van der Waals surface area contributed by atoms with Crippen LogP contribution in [0, 0.1) is 5.82 Å². The molecule has 0 N–H and O–H groups in total. The van der Waals surface area contributed by atoms with E-state index in [-0.39, 0.29) is 22.8 Å². The summed E-state index contributed by atoms with van der Waals surface area (Å²) in [4.78, 5) is 2.09. The summed E-state index contributed by atoms with van der Waals surface area (Å²) in [6.45, 7) is 2.10. The van der Waals surface area contributed by atoms with Crippen LogP contribution in [0.5, 0.6) is 0 Å². The fourth-order valence-corrected chi connectivity index (χ4v) is 5.21. The molecule has 1 fully saturated rings. The van der Waals surface area contributed by atoms with E-state index in [4.69, 9.17) is 11.6 Å². The number of rotatable bonds is 4. The van der Waals surface area contributed by atoms with Crippen LogP contribution in [0.2, 0.25) is 5.02 Å². The summed E-state index contributed by atoms with van der Waals surface area (Å²) >= 11 is 6.12. The summed E-state index contributed by atoms with van der Waals surface area (Å²) < 4.78 is 46.5. The van der Waals surface area contributed by atoms with Gasteiger partial charge in [0.05, 0.1) is 0 Å². The van der Waals surface area contributed by atoms with Gasteiger partial charge in [-0.05, 0) is 47.5 Å². The Morgan fingerprint density at radius 2 is 1.89 bits per heavy atom. The van der Waals surface area contributed by atoms with E-state index >= 15 is 0 Å². The van der Waals surface area contributed by atoms with E-state index in [1.165, 1.54) is 16.4 Å². The maximum atomic E-state index is 14.1. The average Bonchev–Trinajstić information content (AvgIpc) is 3.02. The van der Waals surface area contributed by atoms with Crippen LogP contribution >= 0.6 is 11.6 Å². The minimum absolute atomic E-state index is 0.0804. The second-order valence-corrected chi connectivity index (χ2v) is 8.94. The largest absolute Gasteiger partial charge is 0.298 e. The molecule has 2 aromatic carbocycles. The number of hydrogen-bond donors (Lipinski definition) is 0. The van der Waals surface area contributed by atoms with Crippen LogP contribution in [0.15, 0.2) is 45.9 Å². The topological polar surface area (TPSA) is 79.5 Å². The highest BCUT2D eigenvalue weighted by molar-refractivity contribution is 7.89. The van der Waals surface area contributed by atoms with Crippen molar-refractivity contribution in [2.24, 2.45) is 0 Å². The number of aromatic nitrogens is 2. The quantitative estimate of drug-likeness (QED) is 0.640. The second kappa shape index (κ2) is 7.75. The van der Waals surface area contributed by atoms with Crippen LogP contribution < -0.4 is 0 Å². The zero-order chi connectivity index (χ0) is 19.7. The molecule has 0 saturated carbocycles. The maximum Gasteiger partial charge on any atom is 0.245 e. The lowest BCUT2D eigenvalue weighted by atomic mass is 10.2. The Bertz CT molecular complexity index is 1080. The van der Waals surface area contributed by atoms with Gasteiger partial charge >= 0.3 is 0 Å². The highest BCUT2D eigenvalue weighted by atomic mass is 35.5. The first-order valence-electron chi connectivity index (χ1n) is 8.83. The zero-order valence-electron chi connectivity index (χ0n) is 14.9. The van der Waals surface area contributed by atoms with E-state index in [1.807, 2.05) is 4.90 Å². The Balaban J connectivity index is 1.53. The zero-order valence-corrected chi connectivity index (χ0v) is 16.5. The molecule has 1 aliphatic heterocycles. The van der Waals surface area contributed by atoms with Crippen LogP contribution in [0.3, 0.4) is 0 Å². The van der Waals surface area contributed by atoms with Crippen molar-refractivity contribution in [1.29, 1.82) is 0 Å². The molecular weight excluding hydrogens is 407 g/mol. The van der Waals surface area contributed by atoms with Crippen LogP contribution in [-0.4, -0.2) is 54.1 Å². The highest BCUT2D eigenvalue weighted by Crippen LogP contribution is 2.25. The Kier molecular flexibility index (Phi) is 5.33. The molecular formula is C18H18ClFN4O3S. The summed E-state index contributed by atoms with van der Waals surface area (Å²) in [5, 5.41) is 7.82. The molecule has 1 aromatic heterocycles. The Morgan fingerprint density at radius 1 is 1.07 bits per heavy atom. The van der Waals surface area contributed by atoms with Crippen molar-refractivity contribution in [3.63, 3.8) is 0 Å². The van der Waals surface area contributed by atoms with Crippen molar-refractivity contribution in [2.75, 3.05) is 26.2 Å². The summed E-state index contributed by atoms with van der Waals surface area (Å²) in [6.07, 6.45) is 0.623. The molecule has 0 unspecified atom stereocenters. The van der Waals surface area contributed by atoms with E-state index in [1.54, 1.807) is 24.3 Å². The van der Waals surface area contributed by atoms with Crippen LogP contribution in [0.4, 0.5) is 4.39 Å². The van der Waals surface area contributed by atoms with E-state index in [9.17, 15) is 12.8 Å². The summed E-state index contributed by atoms with van der Waals surface area (Å²) in [6, 6.07) is 9.36. The van der Waals surface area contributed by atoms with Gasteiger partial charge < -0.3 is 0 Å². The van der Waals surface area contributed by atoms with Crippen molar-refractivity contribution < 1.29 is 17.4 Å². The first-order valence-corrected chi connectivity index (χ1v) is 10.7. The number of nitrogens with zero attached hydrogens (tertiary/aromatic N) is 4. The third-order valence-corrected chi connectivity index (χ3v) is 7.14. The first kappa shape index (κ1) is 19.3. The van der Waals surface area contributed by atoms with Crippen molar-refractivity contribution in [2.45, 2.75) is 17.9 Å². The molecule has 7 nitrogen and oxygen atoms in total. The third-order valence-electron chi connectivity index (χ3n) is 4.86. The number of hydrogen-bond acceptors (Lipinski definition) is 6. The van der Waals surface area contributed by atoms with Crippen molar-refractivity contribution in [1.82, 2.24) is 19.5 Å². The minimum Gasteiger partial charge on any atom is -0.298 e. The molecule has 1 aliphatic rings. The van der Waals surface area contributed by atoms with Gasteiger partial charge in [-0.1, -0.05) is 23.7 Å². The molecule has 3 aromatic rings. The lowest BCUT2D eigenvalue weighted by Crippen LogP contribution is -2.35. The van der Waals surface area contributed by atoms with Gasteiger partial charge in [-0.2, -0.15) is 4.31 Å². The van der Waals surface area contributed by atoms with Gasteiger partial charge in [0, 0.05) is 36.8 Å². The number of sulfonamides is 1. The Morgan fingerprint density at radius 3 is 2.71 bits per heavy atom. The maximum absolute atomic E-state index is 14.1. The molecule has 0 bridgehead atoms. The molecule has 0 spiro atoms. The lowest BCUT2D eigenvalue weighted by Gasteiger charge is -2.22. The monoisotopic (exact) mass is 424 g/mol. The van der Waals surface area contributed by atoms with E-state index in [0.29, 0.717) is 48.7 Å². The first-order chi connectivity index (χ1) is 13.5. The molecule has 0 amide bonds. The Hall–Kier alpha value is -2.07. The number of fused-ring (bicyclic) bond motifs is 1. The van der Waals surface area contributed by atoms with Gasteiger partial charge in [-0.25, -0.2) is 17.4 Å². The minimum atomic E-state index is -3.75. The predicted octanol–water partition coefficient (Wildman–Crippen LogP) is 2.91. The van der Waals surface area contributed by atoms with E-state index < -0.39 is 10.0 Å². The van der Waals surface area contributed by atoms with Crippen molar-refractivity contribution in [3.8, 4) is 0 Å². The molecule has 0 atom stereocenters. The van der Waals surface area contributed by atoms with Gasteiger partial charge in [0.15, 0.2) is 5.52 Å². The van der Waals surface area contributed by atoms with Crippen LogP contribution in [0.1, 0.15) is 12.0 Å². The van der Waals surface area contributed by atoms with Crippen LogP contribution in [0.25, 0.3) is 11.0 Å². The summed E-state index contributed by atoms with van der Waals surface area (Å²) in [5.41, 5.74) is 1.05. The van der Waals surface area contributed by atoms with Crippen molar-refractivity contribution >= 4 is 32.7 Å². The smallest absolute Gasteiger partial charge is 0.245 e. The normalized spacial score (nSPS) is 17.1. The van der Waals surface area contributed by atoms with Gasteiger partial charge in [0.1, 0.15) is 16.2 Å². The van der Waals surface area contributed by atoms with Gasteiger partial charge in [0.25, 0.3) is 0 Å². The average molecular weight is 425 g/mol. The number of halogens is 2. The summed E-state index contributed by atoms with van der Waals surface area (Å²) in [5.74, 6) is -0.355. The fourth-order valence-electron chi connectivity index (χ4n) is 3.38. The molecule has 0 aliphatic carbocycles. The van der Waals surface area contributed by atoms with Gasteiger partial charge in [0.2, 0.25) is 10.0 Å². The van der Waals surface area contributed by atoms with Gasteiger partial charge in [-0.15, -0.1) is 0 Å².